The second kappa shape index (κ2) is 9.09. The maximum Gasteiger partial charge on any atom is 0 e. The average molecular weight is 445 g/mol. The normalized spacial score (nSPS) is 10.9. The Bertz CT molecular complexity index is 1240. The fourth-order valence-corrected chi connectivity index (χ4v) is 4.98. The van der Waals surface area contributed by atoms with E-state index >= 15 is 0 Å². The molecule has 0 amide bonds. The van der Waals surface area contributed by atoms with E-state index in [4.69, 9.17) is 0 Å². The van der Waals surface area contributed by atoms with Crippen molar-refractivity contribution in [1.29, 1.82) is 0 Å². The number of aryl methyl sites for hydroxylation is 2. The molecule has 0 aliphatic rings. The van der Waals surface area contributed by atoms with Crippen LogP contribution in [0, 0.1) is 0 Å². The van der Waals surface area contributed by atoms with Crippen LogP contribution >= 0.6 is 0 Å². The van der Waals surface area contributed by atoms with Crippen molar-refractivity contribution in [2.24, 2.45) is 0 Å². The van der Waals surface area contributed by atoms with Gasteiger partial charge in [-0.25, -0.2) is 0 Å². The van der Waals surface area contributed by atoms with E-state index in [-0.39, 0.29) is 16.8 Å². The number of rotatable bonds is 2. The van der Waals surface area contributed by atoms with Crippen LogP contribution in [0.2, 0.25) is 0 Å². The van der Waals surface area contributed by atoms with Crippen molar-refractivity contribution in [3.05, 3.63) is 108 Å². The zero-order valence-corrected chi connectivity index (χ0v) is 19.0. The van der Waals surface area contributed by atoms with Crippen LogP contribution < -0.4 is 0 Å². The molecule has 6 rings (SSSR count). The number of hydrogen-bond donors (Lipinski definition) is 0. The molecule has 0 unspecified atom stereocenters. The Hall–Kier alpha value is -2.87. The molecule has 0 aromatic heterocycles. The predicted octanol–water partition coefficient (Wildman–Crippen LogP) is 8.55. The molecule has 6 aromatic rings. The fraction of sp³-hybridized carbons (Fsp3) is 0.133. The molecule has 0 fully saturated rings. The van der Waals surface area contributed by atoms with Gasteiger partial charge in [-0.3, -0.25) is 0 Å². The van der Waals surface area contributed by atoms with E-state index in [1.54, 1.807) is 0 Å². The third kappa shape index (κ3) is 3.58. The Morgan fingerprint density at radius 2 is 1.03 bits per heavy atom. The van der Waals surface area contributed by atoms with Crippen LogP contribution in [0.15, 0.2) is 97.1 Å². The molecule has 0 spiro atoms. The van der Waals surface area contributed by atoms with E-state index in [1.807, 2.05) is 0 Å². The van der Waals surface area contributed by atoms with E-state index in [1.165, 1.54) is 54.2 Å². The summed E-state index contributed by atoms with van der Waals surface area (Å²) < 4.78 is 0. The minimum atomic E-state index is 0. The molecular formula is C30H26Co-2. The van der Waals surface area contributed by atoms with Crippen LogP contribution in [-0.2, 0) is 29.6 Å². The summed E-state index contributed by atoms with van der Waals surface area (Å²) in [6, 6.07) is 34.8. The molecule has 0 nitrogen and oxygen atoms in total. The Labute approximate surface area is 194 Å². The first-order valence-corrected chi connectivity index (χ1v) is 10.9. The van der Waals surface area contributed by atoms with E-state index in [9.17, 15) is 0 Å². The van der Waals surface area contributed by atoms with Crippen LogP contribution in [0.4, 0.5) is 0 Å². The molecule has 6 aromatic carbocycles. The van der Waals surface area contributed by atoms with Crippen molar-refractivity contribution in [3.63, 3.8) is 0 Å². The molecule has 1 radical (unpaired) electrons. The number of benzene rings is 4. The minimum Gasteiger partial charge on any atom is -0.120 e. The summed E-state index contributed by atoms with van der Waals surface area (Å²) in [7, 11) is 0. The second-order valence-corrected chi connectivity index (χ2v) is 7.85. The molecule has 0 atom stereocenters. The van der Waals surface area contributed by atoms with Crippen molar-refractivity contribution in [1.82, 2.24) is 0 Å². The van der Waals surface area contributed by atoms with Gasteiger partial charge in [0, 0.05) is 16.8 Å². The quantitative estimate of drug-likeness (QED) is 0.234. The molecule has 0 saturated heterocycles. The van der Waals surface area contributed by atoms with Gasteiger partial charge in [0.2, 0.25) is 0 Å². The maximum absolute atomic E-state index is 2.23. The monoisotopic (exact) mass is 445 g/mol. The predicted molar refractivity (Wildman–Crippen MR) is 133 cm³/mol. The van der Waals surface area contributed by atoms with Crippen LogP contribution in [0.1, 0.15) is 25.0 Å². The van der Waals surface area contributed by atoms with Crippen molar-refractivity contribution in [3.8, 4) is 0 Å². The van der Waals surface area contributed by atoms with Gasteiger partial charge in [0.1, 0.15) is 0 Å². The summed E-state index contributed by atoms with van der Waals surface area (Å²) in [4.78, 5) is 0. The Morgan fingerprint density at radius 1 is 0.548 bits per heavy atom. The van der Waals surface area contributed by atoms with Crippen molar-refractivity contribution < 1.29 is 16.8 Å². The van der Waals surface area contributed by atoms with Gasteiger partial charge in [-0.15, -0.1) is 80.5 Å². The van der Waals surface area contributed by atoms with Gasteiger partial charge < -0.3 is 0 Å². The van der Waals surface area contributed by atoms with Gasteiger partial charge in [0.15, 0.2) is 0 Å². The van der Waals surface area contributed by atoms with E-state index in [2.05, 4.69) is 111 Å². The molecule has 31 heavy (non-hydrogen) atoms. The van der Waals surface area contributed by atoms with E-state index < -0.39 is 0 Å². The van der Waals surface area contributed by atoms with Crippen molar-refractivity contribution in [2.75, 3.05) is 0 Å². The zero-order valence-electron chi connectivity index (χ0n) is 18.0. The van der Waals surface area contributed by atoms with Crippen molar-refractivity contribution >= 4 is 43.1 Å². The van der Waals surface area contributed by atoms with Gasteiger partial charge >= 0.3 is 0 Å². The number of fused-ring (bicyclic) bond motifs is 6. The fourth-order valence-electron chi connectivity index (χ4n) is 4.98. The smallest absolute Gasteiger partial charge is 0 e. The van der Waals surface area contributed by atoms with Crippen LogP contribution in [0.5, 0.6) is 0 Å². The van der Waals surface area contributed by atoms with Crippen LogP contribution in [0.3, 0.4) is 0 Å². The molecule has 0 N–H and O–H groups in total. The van der Waals surface area contributed by atoms with Gasteiger partial charge in [-0.1, -0.05) is 97.4 Å². The van der Waals surface area contributed by atoms with Gasteiger partial charge in [0.25, 0.3) is 0 Å². The molecule has 0 heterocycles. The summed E-state index contributed by atoms with van der Waals surface area (Å²) >= 11 is 0. The first-order valence-electron chi connectivity index (χ1n) is 10.9. The van der Waals surface area contributed by atoms with E-state index in [0.717, 1.165) is 12.8 Å². The summed E-state index contributed by atoms with van der Waals surface area (Å²) in [6.07, 6.45) is 2.21. The number of hydrogen-bond acceptors (Lipinski definition) is 0. The van der Waals surface area contributed by atoms with Gasteiger partial charge in [-0.2, -0.15) is 0 Å². The SMILES string of the molecule is CC[c-]1c2ccccc2c2ccccc21.CCc1c2ccccc2[c-]2ccccc12.[Co]. The first-order chi connectivity index (χ1) is 14.8. The van der Waals surface area contributed by atoms with Crippen LogP contribution in [0.25, 0.3) is 43.1 Å². The Kier molecular flexibility index (Phi) is 6.27. The molecule has 0 aliphatic heterocycles. The molecule has 1 heteroatoms. The molecule has 0 saturated carbocycles. The standard InChI is InChI=1S/2C15H13.Co/c2*1-2-11-12-7-3-5-9-14(12)15-10-6-4-8-13(11)15;/h2*3-10H,2H2,1H3;/q2*-1;. The largest absolute Gasteiger partial charge is 0.120 e. The van der Waals surface area contributed by atoms with Gasteiger partial charge in [-0.05, 0) is 0 Å². The molecule has 0 aliphatic carbocycles. The minimum absolute atomic E-state index is 0. The summed E-state index contributed by atoms with van der Waals surface area (Å²) in [5, 5.41) is 11.2. The van der Waals surface area contributed by atoms with Crippen LogP contribution in [-0.4, -0.2) is 0 Å². The first kappa shape index (κ1) is 21.4. The van der Waals surface area contributed by atoms with Gasteiger partial charge in [0.05, 0.1) is 0 Å². The second-order valence-electron chi connectivity index (χ2n) is 7.85. The summed E-state index contributed by atoms with van der Waals surface area (Å²) in [5.74, 6) is 0. The molecule has 157 valence electrons. The average Bonchev–Trinajstić information content (AvgIpc) is 3.32. The molecular weight excluding hydrogens is 419 g/mol. The van der Waals surface area contributed by atoms with Crippen molar-refractivity contribution in [2.45, 2.75) is 26.7 Å². The topological polar surface area (TPSA) is 0 Å². The Morgan fingerprint density at radius 3 is 1.61 bits per heavy atom. The third-order valence-electron chi connectivity index (χ3n) is 6.30. The zero-order chi connectivity index (χ0) is 20.5. The summed E-state index contributed by atoms with van der Waals surface area (Å²) in [6.45, 7) is 4.46. The molecule has 0 bridgehead atoms. The van der Waals surface area contributed by atoms with E-state index in [0.29, 0.717) is 0 Å². The maximum atomic E-state index is 2.23. The Balaban J connectivity index is 0.000000144. The third-order valence-corrected chi connectivity index (χ3v) is 6.30. The summed E-state index contributed by atoms with van der Waals surface area (Å²) in [5.41, 5.74) is 2.97.